The molecule has 1 aliphatic heterocycles. The number of ether oxygens (including phenoxy) is 1. The fraction of sp³-hybridized carbons (Fsp3) is 0.357. The first kappa shape index (κ1) is 14.0. The topological polar surface area (TPSA) is 75.7 Å². The van der Waals surface area contributed by atoms with E-state index in [9.17, 15) is 14.4 Å². The van der Waals surface area contributed by atoms with E-state index in [1.54, 1.807) is 24.3 Å². The third-order valence-electron chi connectivity index (χ3n) is 2.90. The van der Waals surface area contributed by atoms with Crippen molar-refractivity contribution in [1.82, 2.24) is 10.2 Å². The number of nitrogens with zero attached hydrogens (tertiary/aromatic N) is 1. The van der Waals surface area contributed by atoms with Crippen molar-refractivity contribution < 1.29 is 19.1 Å². The predicted octanol–water partition coefficient (Wildman–Crippen LogP) is 1.31. The summed E-state index contributed by atoms with van der Waals surface area (Å²) in [6.07, 6.45) is 0.774. The summed E-state index contributed by atoms with van der Waals surface area (Å²) in [6, 6.07) is 6.29. The molecule has 106 valence electrons. The van der Waals surface area contributed by atoms with Crippen LogP contribution >= 0.6 is 0 Å². The Morgan fingerprint density at radius 3 is 2.55 bits per heavy atom. The van der Waals surface area contributed by atoms with Crippen LogP contribution in [0.1, 0.15) is 29.3 Å². The maximum Gasteiger partial charge on any atom is 0.338 e. The average Bonchev–Trinajstić information content (AvgIpc) is 2.77. The molecule has 6 heteroatoms. The lowest BCUT2D eigenvalue weighted by molar-refractivity contribution is -0.125. The molecular weight excluding hydrogens is 260 g/mol. The summed E-state index contributed by atoms with van der Waals surface area (Å²) in [5, 5.41) is 2.46. The molecule has 2 rings (SSSR count). The van der Waals surface area contributed by atoms with Gasteiger partial charge < -0.3 is 10.1 Å². The van der Waals surface area contributed by atoms with Gasteiger partial charge in [0.15, 0.2) is 0 Å². The second kappa shape index (κ2) is 6.18. The van der Waals surface area contributed by atoms with Gasteiger partial charge in [0.25, 0.3) is 0 Å². The van der Waals surface area contributed by atoms with Gasteiger partial charge in [-0.3, -0.25) is 9.69 Å². The van der Waals surface area contributed by atoms with Crippen molar-refractivity contribution in [2.45, 2.75) is 19.9 Å². The van der Waals surface area contributed by atoms with E-state index in [0.29, 0.717) is 12.2 Å². The van der Waals surface area contributed by atoms with Crippen LogP contribution < -0.4 is 5.32 Å². The molecule has 0 radical (unpaired) electrons. The molecule has 1 aromatic rings. The summed E-state index contributed by atoms with van der Waals surface area (Å²) in [6.45, 7) is 2.56. The highest BCUT2D eigenvalue weighted by atomic mass is 16.5. The van der Waals surface area contributed by atoms with Gasteiger partial charge in [0.2, 0.25) is 5.91 Å². The minimum Gasteiger partial charge on any atom is -0.462 e. The summed E-state index contributed by atoms with van der Waals surface area (Å²) in [7, 11) is 0. The van der Waals surface area contributed by atoms with Gasteiger partial charge in [-0.05, 0) is 24.1 Å². The third kappa shape index (κ3) is 3.14. The van der Waals surface area contributed by atoms with Crippen LogP contribution in [0, 0.1) is 0 Å². The van der Waals surface area contributed by atoms with E-state index in [2.05, 4.69) is 5.32 Å². The van der Waals surface area contributed by atoms with Crippen LogP contribution in [-0.2, 0) is 16.1 Å². The van der Waals surface area contributed by atoms with Crippen molar-refractivity contribution in [3.8, 4) is 0 Å². The lowest BCUT2D eigenvalue weighted by atomic mass is 10.1. The fourth-order valence-corrected chi connectivity index (χ4v) is 1.82. The zero-order valence-electron chi connectivity index (χ0n) is 11.2. The van der Waals surface area contributed by atoms with Gasteiger partial charge in [0.1, 0.15) is 0 Å². The van der Waals surface area contributed by atoms with E-state index in [1.807, 2.05) is 6.92 Å². The number of benzene rings is 1. The number of carbonyl (C=O) groups excluding carboxylic acids is 3. The molecule has 1 aromatic carbocycles. The summed E-state index contributed by atoms with van der Waals surface area (Å²) in [5.74, 6) is -0.616. The third-order valence-corrected chi connectivity index (χ3v) is 2.90. The molecule has 0 atom stereocenters. The lowest BCUT2D eigenvalue weighted by Gasteiger charge is -2.12. The minimum absolute atomic E-state index is 0.0419. The maximum atomic E-state index is 11.6. The number of esters is 1. The molecule has 0 unspecified atom stereocenters. The highest BCUT2D eigenvalue weighted by Crippen LogP contribution is 2.11. The van der Waals surface area contributed by atoms with Crippen LogP contribution in [0.4, 0.5) is 4.79 Å². The van der Waals surface area contributed by atoms with Crippen LogP contribution in [0.25, 0.3) is 0 Å². The van der Waals surface area contributed by atoms with Gasteiger partial charge in [-0.1, -0.05) is 19.1 Å². The largest absolute Gasteiger partial charge is 0.462 e. The van der Waals surface area contributed by atoms with Gasteiger partial charge in [0, 0.05) is 0 Å². The number of hydrogen-bond donors (Lipinski definition) is 1. The average molecular weight is 276 g/mol. The number of imide groups is 1. The van der Waals surface area contributed by atoms with Crippen molar-refractivity contribution >= 4 is 17.9 Å². The molecule has 0 spiro atoms. The van der Waals surface area contributed by atoms with Gasteiger partial charge >= 0.3 is 12.0 Å². The number of rotatable bonds is 5. The standard InChI is InChI=1S/C14H16N2O4/c1-2-7-20-13(18)11-5-3-10(4-6-11)9-16-12(17)8-15-14(16)19/h3-6H,2,7-9H2,1H3,(H,15,19). The van der Waals surface area contributed by atoms with Crippen LogP contribution in [0.5, 0.6) is 0 Å². The second-order valence-corrected chi connectivity index (χ2v) is 4.47. The molecule has 0 bridgehead atoms. The molecule has 1 aliphatic rings. The summed E-state index contributed by atoms with van der Waals surface area (Å²) >= 11 is 0. The van der Waals surface area contributed by atoms with Crippen molar-refractivity contribution in [1.29, 1.82) is 0 Å². The van der Waals surface area contributed by atoms with Crippen molar-refractivity contribution in [2.24, 2.45) is 0 Å². The minimum atomic E-state index is -0.388. The van der Waals surface area contributed by atoms with Gasteiger partial charge in [-0.2, -0.15) is 0 Å². The normalized spacial score (nSPS) is 14.3. The summed E-state index contributed by atoms with van der Waals surface area (Å²) in [4.78, 5) is 35.6. The lowest BCUT2D eigenvalue weighted by Crippen LogP contribution is -2.30. The molecule has 0 aliphatic carbocycles. The first-order valence-corrected chi connectivity index (χ1v) is 6.46. The monoisotopic (exact) mass is 276 g/mol. The van der Waals surface area contributed by atoms with Crippen LogP contribution in [0.15, 0.2) is 24.3 Å². The molecule has 20 heavy (non-hydrogen) atoms. The highest BCUT2D eigenvalue weighted by molar-refractivity contribution is 6.01. The Hall–Kier alpha value is -2.37. The van der Waals surface area contributed by atoms with Crippen molar-refractivity contribution in [3.63, 3.8) is 0 Å². The Kier molecular flexibility index (Phi) is 4.34. The van der Waals surface area contributed by atoms with Gasteiger partial charge in [-0.15, -0.1) is 0 Å². The molecule has 0 saturated carbocycles. The molecule has 1 heterocycles. The number of hydrogen-bond acceptors (Lipinski definition) is 4. The SMILES string of the molecule is CCCOC(=O)c1ccc(CN2C(=O)CNC2=O)cc1. The predicted molar refractivity (Wildman–Crippen MR) is 71.0 cm³/mol. The number of carbonyl (C=O) groups is 3. The maximum absolute atomic E-state index is 11.6. The van der Waals surface area contributed by atoms with Crippen LogP contribution in [0.3, 0.4) is 0 Å². The Bertz CT molecular complexity index is 508. The molecule has 1 saturated heterocycles. The van der Waals surface area contributed by atoms with E-state index < -0.39 is 0 Å². The van der Waals surface area contributed by atoms with Gasteiger partial charge in [-0.25, -0.2) is 9.59 Å². The number of nitrogens with one attached hydrogen (secondary N) is 1. The van der Waals surface area contributed by atoms with E-state index >= 15 is 0 Å². The summed E-state index contributed by atoms with van der Waals surface area (Å²) in [5.41, 5.74) is 1.24. The number of amides is 3. The number of urea groups is 1. The first-order valence-electron chi connectivity index (χ1n) is 6.46. The molecule has 1 fully saturated rings. The molecule has 3 amide bonds. The zero-order valence-corrected chi connectivity index (χ0v) is 11.2. The second-order valence-electron chi connectivity index (χ2n) is 4.47. The van der Waals surface area contributed by atoms with Crippen LogP contribution in [0.2, 0.25) is 0 Å². The Labute approximate surface area is 116 Å². The Morgan fingerprint density at radius 1 is 1.30 bits per heavy atom. The summed E-state index contributed by atoms with van der Waals surface area (Å²) < 4.78 is 5.02. The van der Waals surface area contributed by atoms with E-state index in [-0.39, 0.29) is 31.0 Å². The molecule has 1 N–H and O–H groups in total. The van der Waals surface area contributed by atoms with Gasteiger partial charge in [0.05, 0.1) is 25.3 Å². The fourth-order valence-electron chi connectivity index (χ4n) is 1.82. The Balaban J connectivity index is 1.99. The van der Waals surface area contributed by atoms with Crippen LogP contribution in [-0.4, -0.2) is 36.0 Å². The molecule has 0 aromatic heterocycles. The zero-order chi connectivity index (χ0) is 14.5. The highest BCUT2D eigenvalue weighted by Gasteiger charge is 2.28. The van der Waals surface area contributed by atoms with E-state index in [0.717, 1.165) is 16.9 Å². The van der Waals surface area contributed by atoms with E-state index in [4.69, 9.17) is 4.74 Å². The quantitative estimate of drug-likeness (QED) is 0.650. The van der Waals surface area contributed by atoms with E-state index in [1.165, 1.54) is 0 Å². The Morgan fingerprint density at radius 2 is 2.00 bits per heavy atom. The molecule has 6 nitrogen and oxygen atoms in total. The smallest absolute Gasteiger partial charge is 0.338 e. The first-order chi connectivity index (χ1) is 9.61. The van der Waals surface area contributed by atoms with Crippen molar-refractivity contribution in [2.75, 3.05) is 13.2 Å². The van der Waals surface area contributed by atoms with Crippen molar-refractivity contribution in [3.05, 3.63) is 35.4 Å². The molecular formula is C14H16N2O4.